The number of nitrogens with zero attached hydrogens (tertiary/aromatic N) is 3. The second kappa shape index (κ2) is 6.54. The van der Waals surface area contributed by atoms with E-state index in [9.17, 15) is 4.79 Å². The van der Waals surface area contributed by atoms with Crippen molar-refractivity contribution in [2.45, 2.75) is 24.9 Å². The molecule has 2 aliphatic heterocycles. The van der Waals surface area contributed by atoms with Crippen LogP contribution in [0.25, 0.3) is 11.4 Å². The topological polar surface area (TPSA) is 75.5 Å². The molecule has 1 saturated heterocycles. The van der Waals surface area contributed by atoms with Gasteiger partial charge in [-0.2, -0.15) is 0 Å². The van der Waals surface area contributed by atoms with Gasteiger partial charge in [0, 0.05) is 24.8 Å². The second-order valence-electron chi connectivity index (χ2n) is 6.57. The summed E-state index contributed by atoms with van der Waals surface area (Å²) in [7, 11) is 0. The number of likely N-dealkylation sites (tertiary alicyclic amines) is 1. The Morgan fingerprint density at radius 1 is 1.24 bits per heavy atom. The van der Waals surface area contributed by atoms with Crippen LogP contribution in [-0.2, 0) is 21.6 Å². The predicted octanol–water partition coefficient (Wildman–Crippen LogP) is 1.53. The molecule has 2 aliphatic rings. The van der Waals surface area contributed by atoms with Gasteiger partial charge in [0.2, 0.25) is 5.91 Å². The van der Waals surface area contributed by atoms with E-state index in [1.54, 1.807) is 4.90 Å². The number of fused-ring (bicyclic) bond motifs is 2. The zero-order chi connectivity index (χ0) is 17.3. The molecule has 6 heteroatoms. The first-order valence-electron chi connectivity index (χ1n) is 8.66. The summed E-state index contributed by atoms with van der Waals surface area (Å²) in [4.78, 5) is 22.8. The van der Waals surface area contributed by atoms with Crippen LogP contribution in [-0.4, -0.2) is 52.2 Å². The fraction of sp³-hybridized carbons (Fsp3) is 0.421. The van der Waals surface area contributed by atoms with E-state index in [2.05, 4.69) is 4.98 Å². The van der Waals surface area contributed by atoms with Gasteiger partial charge in [-0.3, -0.25) is 4.79 Å². The SMILES string of the molecule is O=C(CO)N1CCC2(CC1)OCCc1cnc(-c3ccccc3)nc12. The van der Waals surface area contributed by atoms with Crippen LogP contribution >= 0.6 is 0 Å². The highest BCUT2D eigenvalue weighted by atomic mass is 16.5. The lowest BCUT2D eigenvalue weighted by atomic mass is 9.83. The number of benzene rings is 1. The molecule has 4 rings (SSSR count). The minimum absolute atomic E-state index is 0.224. The number of carbonyl (C=O) groups is 1. The summed E-state index contributed by atoms with van der Waals surface area (Å²) in [5, 5.41) is 9.07. The number of aliphatic hydroxyl groups excluding tert-OH is 1. The average Bonchev–Trinajstić information content (AvgIpc) is 2.69. The zero-order valence-electron chi connectivity index (χ0n) is 14.0. The van der Waals surface area contributed by atoms with Crippen molar-refractivity contribution in [2.75, 3.05) is 26.3 Å². The molecule has 0 aliphatic carbocycles. The lowest BCUT2D eigenvalue weighted by Crippen LogP contribution is -2.49. The van der Waals surface area contributed by atoms with Crippen LogP contribution in [0, 0.1) is 0 Å². The maximum absolute atomic E-state index is 11.7. The summed E-state index contributed by atoms with van der Waals surface area (Å²) in [6.07, 6.45) is 4.11. The highest BCUT2D eigenvalue weighted by Gasteiger charge is 2.43. The molecule has 1 N–H and O–H groups in total. The third kappa shape index (κ3) is 2.92. The molecule has 0 radical (unpaired) electrons. The first-order chi connectivity index (χ1) is 12.2. The lowest BCUT2D eigenvalue weighted by Gasteiger charge is -2.44. The van der Waals surface area contributed by atoms with E-state index in [1.807, 2.05) is 36.5 Å². The van der Waals surface area contributed by atoms with Crippen LogP contribution in [0.1, 0.15) is 24.1 Å². The van der Waals surface area contributed by atoms with E-state index in [0.29, 0.717) is 38.4 Å². The first-order valence-corrected chi connectivity index (χ1v) is 8.66. The Labute approximate surface area is 146 Å². The highest BCUT2D eigenvalue weighted by molar-refractivity contribution is 5.77. The number of aromatic nitrogens is 2. The monoisotopic (exact) mass is 339 g/mol. The van der Waals surface area contributed by atoms with Crippen LogP contribution in [0.15, 0.2) is 36.5 Å². The van der Waals surface area contributed by atoms with Crippen molar-refractivity contribution in [3.63, 3.8) is 0 Å². The fourth-order valence-electron chi connectivity index (χ4n) is 3.73. The quantitative estimate of drug-likeness (QED) is 0.898. The van der Waals surface area contributed by atoms with Gasteiger partial charge in [0.25, 0.3) is 0 Å². The second-order valence-corrected chi connectivity index (χ2v) is 6.57. The Bertz CT molecular complexity index is 771. The summed E-state index contributed by atoms with van der Waals surface area (Å²) in [5.74, 6) is 0.483. The Kier molecular flexibility index (Phi) is 4.23. The molecular formula is C19H21N3O3. The summed E-state index contributed by atoms with van der Waals surface area (Å²) >= 11 is 0. The Morgan fingerprint density at radius 3 is 2.72 bits per heavy atom. The Hall–Kier alpha value is -2.31. The van der Waals surface area contributed by atoms with Crippen molar-refractivity contribution in [3.05, 3.63) is 47.8 Å². The molecule has 130 valence electrons. The number of carbonyl (C=O) groups excluding carboxylic acids is 1. The van der Waals surface area contributed by atoms with E-state index in [1.165, 1.54) is 0 Å². The molecule has 0 atom stereocenters. The van der Waals surface area contributed by atoms with Crippen molar-refractivity contribution in [3.8, 4) is 11.4 Å². The number of piperidine rings is 1. The molecular weight excluding hydrogens is 318 g/mol. The van der Waals surface area contributed by atoms with E-state index in [4.69, 9.17) is 14.8 Å². The normalized spacial score (nSPS) is 18.8. The maximum Gasteiger partial charge on any atom is 0.248 e. The minimum Gasteiger partial charge on any atom is -0.387 e. The van der Waals surface area contributed by atoms with Gasteiger partial charge in [0.1, 0.15) is 12.2 Å². The van der Waals surface area contributed by atoms with Gasteiger partial charge in [-0.1, -0.05) is 30.3 Å². The largest absolute Gasteiger partial charge is 0.387 e. The van der Waals surface area contributed by atoms with E-state index >= 15 is 0 Å². The standard InChI is InChI=1S/C19H21N3O3/c23-13-16(24)22-9-7-19(8-10-22)17-15(6-11-25-19)12-20-18(21-17)14-4-2-1-3-5-14/h1-5,12,23H,6-11,13H2. The molecule has 3 heterocycles. The Morgan fingerprint density at radius 2 is 2.00 bits per heavy atom. The molecule has 0 saturated carbocycles. The van der Waals surface area contributed by atoms with Gasteiger partial charge in [-0.25, -0.2) is 9.97 Å². The third-order valence-electron chi connectivity index (χ3n) is 5.14. The van der Waals surface area contributed by atoms with Crippen molar-refractivity contribution in [2.24, 2.45) is 0 Å². The molecule has 1 aromatic heterocycles. The van der Waals surface area contributed by atoms with Crippen LogP contribution in [0.2, 0.25) is 0 Å². The summed E-state index contributed by atoms with van der Waals surface area (Å²) < 4.78 is 6.19. The van der Waals surface area contributed by atoms with Crippen LogP contribution < -0.4 is 0 Å². The number of amides is 1. The molecule has 2 aromatic rings. The number of hydrogen-bond acceptors (Lipinski definition) is 5. The summed E-state index contributed by atoms with van der Waals surface area (Å²) in [6.45, 7) is 1.35. The average molecular weight is 339 g/mol. The third-order valence-corrected chi connectivity index (χ3v) is 5.14. The Balaban J connectivity index is 1.66. The number of hydrogen-bond donors (Lipinski definition) is 1. The van der Waals surface area contributed by atoms with Crippen LogP contribution in [0.3, 0.4) is 0 Å². The molecule has 6 nitrogen and oxygen atoms in total. The van der Waals surface area contributed by atoms with Gasteiger partial charge < -0.3 is 14.7 Å². The smallest absolute Gasteiger partial charge is 0.248 e. The molecule has 25 heavy (non-hydrogen) atoms. The molecule has 1 amide bonds. The van der Waals surface area contributed by atoms with Gasteiger partial charge in [0.05, 0.1) is 12.3 Å². The lowest BCUT2D eigenvalue weighted by molar-refractivity contribution is -0.143. The highest BCUT2D eigenvalue weighted by Crippen LogP contribution is 2.40. The number of aliphatic hydroxyl groups is 1. The number of rotatable bonds is 2. The van der Waals surface area contributed by atoms with Gasteiger partial charge in [-0.05, 0) is 24.8 Å². The zero-order valence-corrected chi connectivity index (χ0v) is 14.0. The van der Waals surface area contributed by atoms with Crippen molar-refractivity contribution >= 4 is 5.91 Å². The van der Waals surface area contributed by atoms with Crippen molar-refractivity contribution in [1.82, 2.24) is 14.9 Å². The van der Waals surface area contributed by atoms with Gasteiger partial charge in [-0.15, -0.1) is 0 Å². The molecule has 0 bridgehead atoms. The van der Waals surface area contributed by atoms with Crippen LogP contribution in [0.4, 0.5) is 0 Å². The summed E-state index contributed by atoms with van der Waals surface area (Å²) in [5.41, 5.74) is 2.63. The molecule has 1 aromatic carbocycles. The first kappa shape index (κ1) is 16.2. The molecule has 0 unspecified atom stereocenters. The van der Waals surface area contributed by atoms with E-state index in [-0.39, 0.29) is 5.91 Å². The van der Waals surface area contributed by atoms with E-state index < -0.39 is 12.2 Å². The molecule has 1 spiro atoms. The van der Waals surface area contributed by atoms with Crippen molar-refractivity contribution in [1.29, 1.82) is 0 Å². The number of ether oxygens (including phenoxy) is 1. The maximum atomic E-state index is 11.7. The van der Waals surface area contributed by atoms with Gasteiger partial charge in [0.15, 0.2) is 5.82 Å². The van der Waals surface area contributed by atoms with Crippen molar-refractivity contribution < 1.29 is 14.6 Å². The summed E-state index contributed by atoms with van der Waals surface area (Å²) in [6, 6.07) is 9.93. The van der Waals surface area contributed by atoms with Crippen LogP contribution in [0.5, 0.6) is 0 Å². The predicted molar refractivity (Wildman–Crippen MR) is 91.7 cm³/mol. The fourth-order valence-corrected chi connectivity index (χ4v) is 3.73. The van der Waals surface area contributed by atoms with E-state index in [0.717, 1.165) is 23.2 Å². The van der Waals surface area contributed by atoms with Gasteiger partial charge >= 0.3 is 0 Å². The minimum atomic E-state index is -0.452. The molecule has 1 fully saturated rings.